The highest BCUT2D eigenvalue weighted by molar-refractivity contribution is 6.15. The van der Waals surface area contributed by atoms with Crippen molar-refractivity contribution in [2.24, 2.45) is 0 Å². The second kappa shape index (κ2) is 9.04. The maximum atomic E-state index is 4.96. The average molecular weight is 552 g/mol. The van der Waals surface area contributed by atoms with Crippen LogP contribution < -0.4 is 0 Å². The van der Waals surface area contributed by atoms with Gasteiger partial charge in [-0.15, -0.1) is 0 Å². The lowest BCUT2D eigenvalue weighted by Crippen LogP contribution is -2.27. The molecule has 204 valence electrons. The van der Waals surface area contributed by atoms with Crippen LogP contribution in [0.25, 0.3) is 71.3 Å². The highest BCUT2D eigenvalue weighted by Crippen LogP contribution is 2.42. The standard InChI is InChI=1S/C40H29N3/c1-40(22-7-2-8-23-40)43-36-16-9-14-31(38(36)39-37(43)17-10-24-41-39)29-19-21-35-33(26-29)32-13-5-6-15-34(32)42(35)30-20-18-27-11-3-4-12-28(27)25-30/h2-22,24-26H,23H2,1H3. The van der Waals surface area contributed by atoms with Crippen molar-refractivity contribution in [3.8, 4) is 16.8 Å². The molecule has 0 saturated carbocycles. The second-order valence-electron chi connectivity index (χ2n) is 11.9. The summed E-state index contributed by atoms with van der Waals surface area (Å²) in [7, 11) is 0. The number of aromatic nitrogens is 3. The van der Waals surface area contributed by atoms with E-state index in [0.717, 1.165) is 11.9 Å². The molecule has 3 nitrogen and oxygen atoms in total. The monoisotopic (exact) mass is 551 g/mol. The van der Waals surface area contributed by atoms with Gasteiger partial charge in [0, 0.05) is 28.0 Å². The lowest BCUT2D eigenvalue weighted by Gasteiger charge is -2.30. The van der Waals surface area contributed by atoms with Gasteiger partial charge in [0.15, 0.2) is 0 Å². The highest BCUT2D eigenvalue weighted by atomic mass is 15.1. The van der Waals surface area contributed by atoms with Gasteiger partial charge in [0.05, 0.1) is 33.1 Å². The summed E-state index contributed by atoms with van der Waals surface area (Å²) in [5, 5.41) is 6.22. The molecule has 5 aromatic carbocycles. The number of hydrogen-bond acceptors (Lipinski definition) is 1. The summed E-state index contributed by atoms with van der Waals surface area (Å²) in [6, 6.07) is 42.0. The van der Waals surface area contributed by atoms with Crippen LogP contribution in [0.2, 0.25) is 0 Å². The molecule has 43 heavy (non-hydrogen) atoms. The Bertz CT molecular complexity index is 2450. The van der Waals surface area contributed by atoms with Crippen molar-refractivity contribution in [1.29, 1.82) is 0 Å². The molecule has 1 unspecified atom stereocenters. The Labute approximate surface area is 249 Å². The van der Waals surface area contributed by atoms with E-state index in [2.05, 4.69) is 156 Å². The average Bonchev–Trinajstić information content (AvgIpc) is 3.58. The van der Waals surface area contributed by atoms with Crippen LogP contribution in [-0.4, -0.2) is 14.1 Å². The fraction of sp³-hybridized carbons (Fsp3) is 0.0750. The summed E-state index contributed by atoms with van der Waals surface area (Å²) in [6.07, 6.45) is 11.8. The van der Waals surface area contributed by atoms with Crippen LogP contribution in [0.3, 0.4) is 0 Å². The molecule has 9 rings (SSSR count). The molecule has 3 heterocycles. The van der Waals surface area contributed by atoms with Gasteiger partial charge in [0.25, 0.3) is 0 Å². The lowest BCUT2D eigenvalue weighted by atomic mass is 9.92. The van der Waals surface area contributed by atoms with Crippen molar-refractivity contribution < 1.29 is 0 Å². The van der Waals surface area contributed by atoms with E-state index >= 15 is 0 Å². The van der Waals surface area contributed by atoms with Crippen molar-refractivity contribution in [2.75, 3.05) is 0 Å². The topological polar surface area (TPSA) is 22.8 Å². The fourth-order valence-corrected chi connectivity index (χ4v) is 7.28. The zero-order valence-corrected chi connectivity index (χ0v) is 23.9. The van der Waals surface area contributed by atoms with Crippen molar-refractivity contribution in [3.63, 3.8) is 0 Å². The largest absolute Gasteiger partial charge is 0.329 e. The molecular weight excluding hydrogens is 522 g/mol. The van der Waals surface area contributed by atoms with Gasteiger partial charge in [-0.3, -0.25) is 4.98 Å². The van der Waals surface area contributed by atoms with Crippen LogP contribution in [0, 0.1) is 0 Å². The predicted octanol–water partition coefficient (Wildman–Crippen LogP) is 10.3. The minimum atomic E-state index is -0.159. The molecule has 0 N–H and O–H groups in total. The first kappa shape index (κ1) is 24.2. The third kappa shape index (κ3) is 3.52. The molecule has 1 aliphatic carbocycles. The number of fused-ring (bicyclic) bond motifs is 7. The number of allylic oxidation sites excluding steroid dienone is 4. The van der Waals surface area contributed by atoms with Gasteiger partial charge in [-0.05, 0) is 83.8 Å². The molecule has 8 aromatic rings. The molecule has 0 radical (unpaired) electrons. The van der Waals surface area contributed by atoms with E-state index in [1.54, 1.807) is 0 Å². The first-order valence-corrected chi connectivity index (χ1v) is 15.0. The van der Waals surface area contributed by atoms with E-state index in [1.807, 2.05) is 6.20 Å². The van der Waals surface area contributed by atoms with E-state index in [0.29, 0.717) is 0 Å². The zero-order valence-electron chi connectivity index (χ0n) is 23.9. The molecule has 0 aliphatic heterocycles. The maximum Gasteiger partial charge on any atom is 0.0966 e. The van der Waals surface area contributed by atoms with Gasteiger partial charge in [0.1, 0.15) is 0 Å². The Morgan fingerprint density at radius 2 is 1.47 bits per heavy atom. The number of rotatable bonds is 3. The SMILES string of the molecule is CC1(n2c3cccnc3c3c(-c4ccc5c(c4)c4ccccc4n5-c4ccc5ccccc5c4)cccc32)C=CC=CC1. The molecule has 0 amide bonds. The fourth-order valence-electron chi connectivity index (χ4n) is 7.28. The Hall–Kier alpha value is -5.41. The first-order chi connectivity index (χ1) is 21.2. The molecule has 1 atom stereocenters. The Morgan fingerprint density at radius 3 is 2.37 bits per heavy atom. The van der Waals surface area contributed by atoms with Crippen LogP contribution in [0.15, 0.2) is 146 Å². The number of benzene rings is 5. The van der Waals surface area contributed by atoms with Crippen LogP contribution in [0.1, 0.15) is 13.3 Å². The van der Waals surface area contributed by atoms with Crippen molar-refractivity contribution in [1.82, 2.24) is 14.1 Å². The predicted molar refractivity (Wildman–Crippen MR) is 181 cm³/mol. The molecule has 0 saturated heterocycles. The summed E-state index contributed by atoms with van der Waals surface area (Å²) < 4.78 is 4.89. The smallest absolute Gasteiger partial charge is 0.0966 e. The van der Waals surface area contributed by atoms with Crippen molar-refractivity contribution in [3.05, 3.63) is 146 Å². The van der Waals surface area contributed by atoms with Gasteiger partial charge in [0.2, 0.25) is 0 Å². The lowest BCUT2D eigenvalue weighted by molar-refractivity contribution is 0.437. The summed E-state index contributed by atoms with van der Waals surface area (Å²) in [5.74, 6) is 0. The third-order valence-corrected chi connectivity index (χ3v) is 9.27. The number of nitrogens with zero attached hydrogens (tertiary/aromatic N) is 3. The normalized spacial score (nSPS) is 16.8. The Morgan fingerprint density at radius 1 is 0.651 bits per heavy atom. The van der Waals surface area contributed by atoms with Gasteiger partial charge < -0.3 is 9.13 Å². The highest BCUT2D eigenvalue weighted by Gasteiger charge is 2.29. The molecular formula is C40H29N3. The summed E-state index contributed by atoms with van der Waals surface area (Å²) in [5.41, 5.74) is 9.29. The zero-order chi connectivity index (χ0) is 28.5. The van der Waals surface area contributed by atoms with Crippen LogP contribution in [-0.2, 0) is 5.54 Å². The molecule has 3 aromatic heterocycles. The second-order valence-corrected chi connectivity index (χ2v) is 11.9. The number of hydrogen-bond donors (Lipinski definition) is 0. The molecule has 3 heteroatoms. The van der Waals surface area contributed by atoms with E-state index in [9.17, 15) is 0 Å². The summed E-state index contributed by atoms with van der Waals surface area (Å²) >= 11 is 0. The number of para-hydroxylation sites is 1. The van der Waals surface area contributed by atoms with Crippen LogP contribution >= 0.6 is 0 Å². The minimum absolute atomic E-state index is 0.159. The Kier molecular flexibility index (Phi) is 5.09. The molecule has 0 bridgehead atoms. The van der Waals surface area contributed by atoms with Crippen LogP contribution in [0.4, 0.5) is 0 Å². The third-order valence-electron chi connectivity index (χ3n) is 9.27. The Balaban J connectivity index is 1.31. The molecule has 1 aliphatic rings. The van der Waals surface area contributed by atoms with Gasteiger partial charge in [-0.2, -0.15) is 0 Å². The number of pyridine rings is 1. The molecule has 0 fully saturated rings. The van der Waals surface area contributed by atoms with Crippen molar-refractivity contribution >= 4 is 54.5 Å². The van der Waals surface area contributed by atoms with Crippen molar-refractivity contribution in [2.45, 2.75) is 18.9 Å². The van der Waals surface area contributed by atoms with Crippen LogP contribution in [0.5, 0.6) is 0 Å². The summed E-state index contributed by atoms with van der Waals surface area (Å²) in [4.78, 5) is 4.96. The van der Waals surface area contributed by atoms with Gasteiger partial charge in [-0.25, -0.2) is 0 Å². The van der Waals surface area contributed by atoms with E-state index in [4.69, 9.17) is 4.98 Å². The van der Waals surface area contributed by atoms with E-state index in [1.165, 1.54) is 65.8 Å². The maximum absolute atomic E-state index is 4.96. The quantitative estimate of drug-likeness (QED) is 0.214. The summed E-state index contributed by atoms with van der Waals surface area (Å²) in [6.45, 7) is 2.32. The van der Waals surface area contributed by atoms with Gasteiger partial charge >= 0.3 is 0 Å². The van der Waals surface area contributed by atoms with Gasteiger partial charge in [-0.1, -0.05) is 91.0 Å². The van der Waals surface area contributed by atoms with E-state index in [-0.39, 0.29) is 5.54 Å². The minimum Gasteiger partial charge on any atom is -0.329 e. The first-order valence-electron chi connectivity index (χ1n) is 15.0. The van der Waals surface area contributed by atoms with E-state index < -0.39 is 0 Å². The molecule has 0 spiro atoms.